The van der Waals surface area contributed by atoms with Gasteiger partial charge in [0, 0.05) is 13.1 Å². The Labute approximate surface area is 173 Å². The molecule has 2 amide bonds. The van der Waals surface area contributed by atoms with E-state index in [1.807, 2.05) is 0 Å². The van der Waals surface area contributed by atoms with E-state index in [1.54, 1.807) is 31.2 Å². The predicted molar refractivity (Wildman–Crippen MR) is 113 cm³/mol. The monoisotopic (exact) mass is 420 g/mol. The maximum absolute atomic E-state index is 12.5. The molecule has 1 heterocycles. The van der Waals surface area contributed by atoms with Gasteiger partial charge in [0.15, 0.2) is 8.32 Å². The lowest BCUT2D eigenvalue weighted by molar-refractivity contribution is -0.149. The summed E-state index contributed by atoms with van der Waals surface area (Å²) in [6, 6.07) is 6.76. The van der Waals surface area contributed by atoms with Crippen molar-refractivity contribution < 1.29 is 23.5 Å². The van der Waals surface area contributed by atoms with E-state index in [0.29, 0.717) is 11.1 Å². The number of benzene rings is 1. The smallest absolute Gasteiger partial charge is 0.328 e. The van der Waals surface area contributed by atoms with Gasteiger partial charge in [0.25, 0.3) is 11.8 Å². The molecule has 2 rings (SSSR count). The predicted octanol–water partition coefficient (Wildman–Crippen LogP) is 2.83. The molecule has 0 bridgehead atoms. The number of rotatable bonds is 8. The molecule has 1 aliphatic heterocycles. The molecule has 0 aromatic heterocycles. The second-order valence-corrected chi connectivity index (χ2v) is 13.9. The van der Waals surface area contributed by atoms with Crippen LogP contribution in [0.2, 0.25) is 18.1 Å². The number of carbonyl (C=O) groups excluding carboxylic acids is 3. The zero-order chi connectivity index (χ0) is 22.0. The van der Waals surface area contributed by atoms with E-state index < -0.39 is 19.8 Å². The second kappa shape index (κ2) is 8.37. The number of methoxy groups -OCH3 is 1. The van der Waals surface area contributed by atoms with Gasteiger partial charge < -0.3 is 9.16 Å². The number of hydrogen-bond acceptors (Lipinski definition) is 6. The molecule has 0 unspecified atom stereocenters. The van der Waals surface area contributed by atoms with Crippen LogP contribution >= 0.6 is 0 Å². The summed E-state index contributed by atoms with van der Waals surface area (Å²) in [5.74, 6) is -1.08. The van der Waals surface area contributed by atoms with Gasteiger partial charge >= 0.3 is 5.97 Å². The maximum Gasteiger partial charge on any atom is 0.328 e. The van der Waals surface area contributed by atoms with Crippen LogP contribution < -0.4 is 5.32 Å². The number of amides is 2. The Morgan fingerprint density at radius 2 is 1.59 bits per heavy atom. The minimum Gasteiger partial charge on any atom is -0.468 e. The molecule has 1 aromatic carbocycles. The van der Waals surface area contributed by atoms with Crippen molar-refractivity contribution in [1.82, 2.24) is 10.2 Å². The van der Waals surface area contributed by atoms with Crippen LogP contribution in [0.5, 0.6) is 0 Å². The first-order chi connectivity index (χ1) is 13.3. The fourth-order valence-electron chi connectivity index (χ4n) is 2.83. The molecule has 0 saturated carbocycles. The lowest BCUT2D eigenvalue weighted by Crippen LogP contribution is -2.58. The topological polar surface area (TPSA) is 84.9 Å². The molecule has 7 nitrogen and oxygen atoms in total. The minimum absolute atomic E-state index is 0.00416. The fourth-order valence-corrected chi connectivity index (χ4v) is 3.92. The number of nitrogens with one attached hydrogen (secondary N) is 1. The third-order valence-electron chi connectivity index (χ3n) is 5.89. The lowest BCUT2D eigenvalue weighted by atomic mass is 10.0. The highest BCUT2D eigenvalue weighted by Crippen LogP contribution is 2.37. The van der Waals surface area contributed by atoms with Crippen LogP contribution in [0, 0.1) is 0 Å². The molecule has 1 N–H and O–H groups in total. The highest BCUT2D eigenvalue weighted by atomic mass is 28.4. The normalized spacial score (nSPS) is 16.6. The maximum atomic E-state index is 12.5. The number of hydrogen-bond donors (Lipinski definition) is 1. The Morgan fingerprint density at radius 1 is 1.07 bits per heavy atom. The summed E-state index contributed by atoms with van der Waals surface area (Å²) in [4.78, 5) is 38.6. The van der Waals surface area contributed by atoms with Gasteiger partial charge in [0.05, 0.1) is 24.8 Å². The van der Waals surface area contributed by atoms with Crippen molar-refractivity contribution in [3.8, 4) is 0 Å². The van der Waals surface area contributed by atoms with Crippen LogP contribution in [-0.2, 0) is 14.0 Å². The molecular formula is C21H32N2O5Si. The first-order valence-electron chi connectivity index (χ1n) is 9.77. The van der Waals surface area contributed by atoms with E-state index in [0.717, 1.165) is 0 Å². The summed E-state index contributed by atoms with van der Waals surface area (Å²) in [5, 5.41) is 3.15. The molecule has 1 aromatic rings. The average molecular weight is 421 g/mol. The number of ether oxygens (including phenoxy) is 1. The second-order valence-electron chi connectivity index (χ2n) is 9.11. The van der Waals surface area contributed by atoms with Gasteiger partial charge in [-0.2, -0.15) is 0 Å². The van der Waals surface area contributed by atoms with Crippen molar-refractivity contribution in [2.75, 3.05) is 26.8 Å². The molecule has 29 heavy (non-hydrogen) atoms. The molecule has 0 aliphatic carbocycles. The third-order valence-corrected chi connectivity index (χ3v) is 10.4. The summed E-state index contributed by atoms with van der Waals surface area (Å²) in [7, 11) is -0.737. The Hall–Kier alpha value is -2.03. The van der Waals surface area contributed by atoms with Crippen LogP contribution in [-0.4, -0.2) is 63.3 Å². The summed E-state index contributed by atoms with van der Waals surface area (Å²) in [6.07, 6.45) is 0. The highest BCUT2D eigenvalue weighted by molar-refractivity contribution is 6.74. The van der Waals surface area contributed by atoms with E-state index in [9.17, 15) is 14.4 Å². The van der Waals surface area contributed by atoms with Crippen LogP contribution in [0.4, 0.5) is 0 Å². The first kappa shape index (κ1) is 23.2. The van der Waals surface area contributed by atoms with Gasteiger partial charge in [-0.05, 0) is 37.2 Å². The van der Waals surface area contributed by atoms with Gasteiger partial charge in [-0.25, -0.2) is 4.79 Å². The highest BCUT2D eigenvalue weighted by Gasteiger charge is 2.42. The van der Waals surface area contributed by atoms with E-state index in [1.165, 1.54) is 12.0 Å². The summed E-state index contributed by atoms with van der Waals surface area (Å²) >= 11 is 0. The number of imide groups is 1. The lowest BCUT2D eigenvalue weighted by Gasteiger charge is -2.39. The Balaban J connectivity index is 2.04. The van der Waals surface area contributed by atoms with Gasteiger partial charge in [0.1, 0.15) is 5.54 Å². The molecule has 0 saturated heterocycles. The molecule has 1 atom stereocenters. The average Bonchev–Trinajstić information content (AvgIpc) is 2.90. The van der Waals surface area contributed by atoms with Crippen molar-refractivity contribution in [1.29, 1.82) is 0 Å². The minimum atomic E-state index is -2.07. The van der Waals surface area contributed by atoms with Crippen molar-refractivity contribution >= 4 is 26.1 Å². The molecule has 0 fully saturated rings. The van der Waals surface area contributed by atoms with E-state index in [-0.39, 0.29) is 36.5 Å². The Morgan fingerprint density at radius 3 is 2.03 bits per heavy atom. The summed E-state index contributed by atoms with van der Waals surface area (Å²) < 4.78 is 11.2. The van der Waals surface area contributed by atoms with Gasteiger partial charge in [-0.1, -0.05) is 32.9 Å². The number of carbonyl (C=O) groups is 3. The van der Waals surface area contributed by atoms with Gasteiger partial charge in [0.2, 0.25) is 0 Å². The fraction of sp³-hybridized carbons (Fsp3) is 0.571. The van der Waals surface area contributed by atoms with Crippen LogP contribution in [0.1, 0.15) is 48.4 Å². The molecule has 0 spiro atoms. The van der Waals surface area contributed by atoms with Crippen LogP contribution in [0.15, 0.2) is 24.3 Å². The van der Waals surface area contributed by atoms with Gasteiger partial charge in [-0.15, -0.1) is 0 Å². The molecular weight excluding hydrogens is 388 g/mol. The molecule has 0 radical (unpaired) electrons. The Kier molecular flexibility index (Phi) is 6.71. The Bertz CT molecular complexity index is 768. The third kappa shape index (κ3) is 4.76. The standard InChI is InChI=1S/C21H32N2O5Si/c1-20(2,3)29(6,7)28-14-21(4,19(26)27-5)22-12-13-23-17(24)15-10-8-9-11-16(15)18(23)25/h8-11,22H,12-14H2,1-7H3/t21-/m0/s1. The van der Waals surface area contributed by atoms with Crippen molar-refractivity contribution in [3.63, 3.8) is 0 Å². The molecule has 1 aliphatic rings. The molecule has 8 heteroatoms. The zero-order valence-corrected chi connectivity index (χ0v) is 19.4. The summed E-state index contributed by atoms with van der Waals surface area (Å²) in [5.41, 5.74) is -0.257. The van der Waals surface area contributed by atoms with E-state index in [2.05, 4.69) is 39.2 Å². The number of nitrogens with zero attached hydrogens (tertiary/aromatic N) is 1. The number of fused-ring (bicyclic) bond motifs is 1. The zero-order valence-electron chi connectivity index (χ0n) is 18.4. The van der Waals surface area contributed by atoms with Gasteiger partial charge in [-0.3, -0.25) is 19.8 Å². The number of esters is 1. The van der Waals surface area contributed by atoms with Crippen molar-refractivity contribution in [2.45, 2.75) is 51.4 Å². The quantitative estimate of drug-likeness (QED) is 0.395. The SMILES string of the molecule is COC(=O)[C@](C)(CO[Si](C)(C)C(C)(C)C)NCCN1C(=O)c2ccccc2C1=O. The first-order valence-corrected chi connectivity index (χ1v) is 12.7. The largest absolute Gasteiger partial charge is 0.468 e. The summed E-state index contributed by atoms with van der Waals surface area (Å²) in [6.45, 7) is 12.9. The van der Waals surface area contributed by atoms with Crippen molar-refractivity contribution in [3.05, 3.63) is 35.4 Å². The van der Waals surface area contributed by atoms with E-state index >= 15 is 0 Å². The van der Waals surface area contributed by atoms with Crippen LogP contribution in [0.3, 0.4) is 0 Å². The van der Waals surface area contributed by atoms with E-state index in [4.69, 9.17) is 9.16 Å². The van der Waals surface area contributed by atoms with Crippen LogP contribution in [0.25, 0.3) is 0 Å². The molecule has 160 valence electrons. The van der Waals surface area contributed by atoms with Crippen molar-refractivity contribution in [2.24, 2.45) is 0 Å².